The van der Waals surface area contributed by atoms with Gasteiger partial charge in [-0.1, -0.05) is 12.1 Å². The van der Waals surface area contributed by atoms with Gasteiger partial charge in [-0.3, -0.25) is 9.88 Å². The lowest BCUT2D eigenvalue weighted by Crippen LogP contribution is -2.54. The van der Waals surface area contributed by atoms with Crippen LogP contribution in [0.3, 0.4) is 0 Å². The Balaban J connectivity index is 1.19. The van der Waals surface area contributed by atoms with Crippen LogP contribution in [0, 0.1) is 16.7 Å². The summed E-state index contributed by atoms with van der Waals surface area (Å²) in [5.41, 5.74) is 5.85. The molecule has 3 aromatic rings. The summed E-state index contributed by atoms with van der Waals surface area (Å²) in [6.07, 6.45) is 1.26. The number of nitrogens with one attached hydrogen (secondary N) is 1. The summed E-state index contributed by atoms with van der Waals surface area (Å²) in [7, 11) is 5.95. The molecule has 0 amide bonds. The molecule has 2 radical (unpaired) electrons. The van der Waals surface area contributed by atoms with Crippen molar-refractivity contribution in [3.63, 3.8) is 0 Å². The van der Waals surface area contributed by atoms with Gasteiger partial charge >= 0.3 is 0 Å². The summed E-state index contributed by atoms with van der Waals surface area (Å²) in [6.45, 7) is 9.54. The molecular weight excluding hydrogens is 433 g/mol. The second-order valence-corrected chi connectivity index (χ2v) is 10.8. The van der Waals surface area contributed by atoms with E-state index in [-0.39, 0.29) is 0 Å². The molecule has 8 heteroatoms. The molecule has 1 N–H and O–H groups in total. The molecule has 0 unspecified atom stereocenters. The molecule has 6 heterocycles. The van der Waals surface area contributed by atoms with Crippen molar-refractivity contribution >= 4 is 35.8 Å². The smallest absolute Gasteiger partial charge is 0.141 e. The molecule has 2 aromatic heterocycles. The minimum absolute atomic E-state index is 0.309. The van der Waals surface area contributed by atoms with Crippen LogP contribution in [0.5, 0.6) is 0 Å². The van der Waals surface area contributed by atoms with Crippen LogP contribution >= 0.6 is 0 Å². The second-order valence-electron chi connectivity index (χ2n) is 10.8. The molecule has 1 aromatic carbocycles. The number of benzene rings is 1. The van der Waals surface area contributed by atoms with E-state index >= 15 is 0 Å². The van der Waals surface area contributed by atoms with Crippen LogP contribution in [0.4, 0.5) is 11.5 Å². The van der Waals surface area contributed by atoms with Gasteiger partial charge in [0.05, 0.1) is 22.8 Å². The molecule has 2 atom stereocenters. The summed E-state index contributed by atoms with van der Waals surface area (Å²) in [5, 5.41) is 14.0. The van der Waals surface area contributed by atoms with Gasteiger partial charge in [-0.05, 0) is 48.8 Å². The Kier molecular flexibility index (Phi) is 4.64. The molecule has 3 fully saturated rings. The van der Waals surface area contributed by atoms with Gasteiger partial charge in [0.2, 0.25) is 0 Å². The zero-order chi connectivity index (χ0) is 23.7. The fourth-order valence-corrected chi connectivity index (χ4v) is 6.62. The first-order valence-electron chi connectivity index (χ1n) is 12.6. The molecule has 7 nitrogen and oxygen atoms in total. The number of hydrogen-bond acceptors (Lipinski definition) is 7. The lowest BCUT2D eigenvalue weighted by atomic mass is 9.81. The first kappa shape index (κ1) is 21.2. The van der Waals surface area contributed by atoms with Gasteiger partial charge in [0.15, 0.2) is 0 Å². The van der Waals surface area contributed by atoms with Gasteiger partial charge in [0, 0.05) is 68.3 Å². The van der Waals surface area contributed by atoms with E-state index in [0.29, 0.717) is 34.2 Å². The molecule has 35 heavy (non-hydrogen) atoms. The molecule has 1 spiro atoms. The quantitative estimate of drug-likeness (QED) is 0.585. The number of fused-ring (bicyclic) bond motifs is 4. The standard InChI is InChI=1S/C27H28BN7/c1-17-11-34(22-5-2-18(10-29)26-20(22)3-6-24(28)32-26)13-23-19-4-7-25(31-21(19)12-35(17)23)33-9-8-27(16-33)14-30-15-27/h2-7,17,23,30H,8-9,11-16H2,1H3/t17-,23-/m1/s1. The Hall–Kier alpha value is -3.15. The maximum Gasteiger partial charge on any atom is 0.141 e. The average Bonchev–Trinajstić information content (AvgIpc) is 3.46. The lowest BCUT2D eigenvalue weighted by Gasteiger charge is -2.43. The monoisotopic (exact) mass is 461 g/mol. The highest BCUT2D eigenvalue weighted by Gasteiger charge is 2.44. The fourth-order valence-electron chi connectivity index (χ4n) is 6.62. The second kappa shape index (κ2) is 7.68. The summed E-state index contributed by atoms with van der Waals surface area (Å²) < 4.78 is 0. The van der Waals surface area contributed by atoms with Crippen LogP contribution in [0.1, 0.15) is 36.2 Å². The van der Waals surface area contributed by atoms with E-state index in [1.807, 2.05) is 18.2 Å². The van der Waals surface area contributed by atoms with E-state index in [1.54, 1.807) is 0 Å². The molecule has 0 saturated carbocycles. The predicted molar refractivity (Wildman–Crippen MR) is 138 cm³/mol. The number of pyridine rings is 2. The Morgan fingerprint density at radius 3 is 2.74 bits per heavy atom. The molecule has 4 aliphatic heterocycles. The summed E-state index contributed by atoms with van der Waals surface area (Å²) in [5.74, 6) is 1.14. The van der Waals surface area contributed by atoms with Gasteiger partial charge in [0.1, 0.15) is 19.7 Å². The molecule has 174 valence electrons. The zero-order valence-corrected chi connectivity index (χ0v) is 20.0. The molecule has 3 saturated heterocycles. The van der Waals surface area contributed by atoms with Crippen LogP contribution in [0.2, 0.25) is 0 Å². The number of rotatable bonds is 2. The largest absolute Gasteiger partial charge is 0.368 e. The van der Waals surface area contributed by atoms with Crippen LogP contribution < -0.4 is 20.7 Å². The van der Waals surface area contributed by atoms with E-state index in [0.717, 1.165) is 62.7 Å². The minimum Gasteiger partial charge on any atom is -0.368 e. The van der Waals surface area contributed by atoms with Crippen LogP contribution in [-0.2, 0) is 6.54 Å². The Bertz CT molecular complexity index is 1380. The Morgan fingerprint density at radius 1 is 1.09 bits per heavy atom. The van der Waals surface area contributed by atoms with E-state index in [2.05, 4.69) is 56.2 Å². The molecule has 7 rings (SSSR count). The number of nitrogens with zero attached hydrogens (tertiary/aromatic N) is 6. The summed E-state index contributed by atoms with van der Waals surface area (Å²) >= 11 is 0. The first-order chi connectivity index (χ1) is 17.0. The minimum atomic E-state index is 0.309. The highest BCUT2D eigenvalue weighted by molar-refractivity contribution is 6.31. The van der Waals surface area contributed by atoms with Crippen molar-refractivity contribution in [3.05, 3.63) is 53.2 Å². The first-order valence-corrected chi connectivity index (χ1v) is 12.6. The van der Waals surface area contributed by atoms with E-state index in [1.165, 1.54) is 17.7 Å². The van der Waals surface area contributed by atoms with Crippen molar-refractivity contribution in [1.29, 1.82) is 5.26 Å². The highest BCUT2D eigenvalue weighted by atomic mass is 15.3. The number of piperazine rings is 1. The van der Waals surface area contributed by atoms with Crippen LogP contribution in [0.25, 0.3) is 10.9 Å². The van der Waals surface area contributed by atoms with Crippen molar-refractivity contribution in [1.82, 2.24) is 20.2 Å². The average molecular weight is 461 g/mol. The normalized spacial score (nSPS) is 24.9. The van der Waals surface area contributed by atoms with Gasteiger partial charge in [0.25, 0.3) is 0 Å². The third kappa shape index (κ3) is 3.25. The highest BCUT2D eigenvalue weighted by Crippen LogP contribution is 2.42. The summed E-state index contributed by atoms with van der Waals surface area (Å²) in [6, 6.07) is 15.3. The maximum absolute atomic E-state index is 9.58. The molecule has 4 aliphatic rings. The number of anilines is 2. The van der Waals surface area contributed by atoms with Gasteiger partial charge in [-0.15, -0.1) is 0 Å². The predicted octanol–water partition coefficient (Wildman–Crippen LogP) is 1.86. The van der Waals surface area contributed by atoms with Crippen molar-refractivity contribution < 1.29 is 0 Å². The van der Waals surface area contributed by atoms with Crippen molar-refractivity contribution in [2.24, 2.45) is 5.41 Å². The molecular formula is C27H28BN7. The third-order valence-corrected chi connectivity index (χ3v) is 8.61. The van der Waals surface area contributed by atoms with Crippen LogP contribution in [-0.4, -0.2) is 68.0 Å². The van der Waals surface area contributed by atoms with E-state index < -0.39 is 0 Å². The fraction of sp³-hybridized carbons (Fsp3) is 0.444. The zero-order valence-electron chi connectivity index (χ0n) is 20.0. The van der Waals surface area contributed by atoms with Crippen molar-refractivity contribution in [3.8, 4) is 6.07 Å². The van der Waals surface area contributed by atoms with Gasteiger partial charge < -0.3 is 15.1 Å². The third-order valence-electron chi connectivity index (χ3n) is 8.61. The molecule has 0 bridgehead atoms. The van der Waals surface area contributed by atoms with Crippen LogP contribution in [0.15, 0.2) is 36.4 Å². The topological polar surface area (TPSA) is 71.3 Å². The Labute approximate surface area is 207 Å². The van der Waals surface area contributed by atoms with Gasteiger partial charge in [-0.25, -0.2) is 4.98 Å². The van der Waals surface area contributed by atoms with Gasteiger partial charge in [-0.2, -0.15) is 5.26 Å². The van der Waals surface area contributed by atoms with E-state index in [9.17, 15) is 5.26 Å². The van der Waals surface area contributed by atoms with Crippen molar-refractivity contribution in [2.75, 3.05) is 49.1 Å². The Morgan fingerprint density at radius 2 is 1.97 bits per heavy atom. The number of nitriles is 1. The number of hydrogen-bond donors (Lipinski definition) is 1. The summed E-state index contributed by atoms with van der Waals surface area (Å²) in [4.78, 5) is 17.2. The molecule has 0 aliphatic carbocycles. The lowest BCUT2D eigenvalue weighted by molar-refractivity contribution is 0.133. The van der Waals surface area contributed by atoms with E-state index in [4.69, 9.17) is 12.8 Å². The number of aromatic nitrogens is 2. The maximum atomic E-state index is 9.58. The SMILES string of the molecule is [B]c1ccc2c(N3C[C@@H](C)N4Cc5nc(N6CCC7(CNC7)C6)ccc5[C@H]4C3)ccc(C#N)c2n1. The van der Waals surface area contributed by atoms with Crippen molar-refractivity contribution in [2.45, 2.75) is 32.0 Å².